The van der Waals surface area contributed by atoms with Crippen molar-refractivity contribution in [2.75, 3.05) is 63.5 Å². The van der Waals surface area contributed by atoms with E-state index in [-0.39, 0.29) is 22.8 Å². The topological polar surface area (TPSA) is 125 Å². The molecule has 0 radical (unpaired) electrons. The van der Waals surface area contributed by atoms with Crippen molar-refractivity contribution in [3.05, 3.63) is 23.8 Å². The number of anilines is 1. The van der Waals surface area contributed by atoms with E-state index >= 15 is 0 Å². The molecule has 3 rings (SSSR count). The number of nitrogens with one attached hydrogen (secondary N) is 1. The summed E-state index contributed by atoms with van der Waals surface area (Å²) in [5, 5.41) is 8.67. The van der Waals surface area contributed by atoms with Gasteiger partial charge in [0.05, 0.1) is 23.6 Å². The molecule has 32 heavy (non-hydrogen) atoms. The Labute approximate surface area is 188 Å². The number of benzene rings is 1. The summed E-state index contributed by atoms with van der Waals surface area (Å²) in [7, 11) is -1.53. The van der Waals surface area contributed by atoms with E-state index in [1.54, 1.807) is 0 Å². The van der Waals surface area contributed by atoms with Crippen molar-refractivity contribution in [3.8, 4) is 5.75 Å². The van der Waals surface area contributed by atoms with Crippen LogP contribution in [-0.4, -0.2) is 94.0 Å². The highest BCUT2D eigenvalue weighted by Gasteiger charge is 2.24. The number of ether oxygens (including phenoxy) is 2. The molecule has 1 aromatic rings. The number of carboxylic acid groups (broad SMARTS) is 1. The van der Waals surface area contributed by atoms with Crippen molar-refractivity contribution in [3.63, 3.8) is 0 Å². The molecule has 2 N–H and O–H groups in total. The monoisotopic (exact) mass is 469 g/mol. The van der Waals surface area contributed by atoms with Gasteiger partial charge in [-0.25, -0.2) is 18.0 Å². The lowest BCUT2D eigenvalue weighted by molar-refractivity contribution is -0.140. The Morgan fingerprint density at radius 3 is 2.56 bits per heavy atom. The molecule has 0 aromatic heterocycles. The fourth-order valence-corrected chi connectivity index (χ4v) is 4.44. The van der Waals surface area contributed by atoms with Gasteiger partial charge in [0, 0.05) is 26.2 Å². The minimum atomic E-state index is -3.61. The molecule has 1 aromatic carbocycles. The van der Waals surface area contributed by atoms with Crippen LogP contribution in [0.4, 0.5) is 5.69 Å². The molecule has 1 saturated carbocycles. The molecule has 0 amide bonds. The average molecular weight is 470 g/mol. The Morgan fingerprint density at radius 1 is 1.19 bits per heavy atom. The Morgan fingerprint density at radius 2 is 1.91 bits per heavy atom. The second-order valence-corrected chi connectivity index (χ2v) is 10.2. The first kappa shape index (κ1) is 24.3. The number of rotatable bonds is 12. The number of piperazine rings is 1. The predicted molar refractivity (Wildman–Crippen MR) is 119 cm³/mol. The van der Waals surface area contributed by atoms with Crippen molar-refractivity contribution in [1.82, 2.24) is 9.80 Å². The highest BCUT2D eigenvalue weighted by Crippen LogP contribution is 2.33. The summed E-state index contributed by atoms with van der Waals surface area (Å²) in [5.74, 6) is -1.45. The normalized spacial score (nSPS) is 17.7. The average Bonchev–Trinajstić information content (AvgIpc) is 3.57. The largest absolute Gasteiger partial charge is 0.491 e. The summed E-state index contributed by atoms with van der Waals surface area (Å²) in [4.78, 5) is 27.2. The number of esters is 1. The summed E-state index contributed by atoms with van der Waals surface area (Å²) in [5.41, 5.74) is 0.343. The van der Waals surface area contributed by atoms with E-state index in [9.17, 15) is 18.0 Å². The molecule has 2 fully saturated rings. The smallest absolute Gasteiger partial charge is 0.341 e. The Balaban J connectivity index is 1.60. The van der Waals surface area contributed by atoms with Crippen LogP contribution in [0, 0.1) is 5.92 Å². The van der Waals surface area contributed by atoms with Crippen LogP contribution in [0.2, 0.25) is 0 Å². The molecule has 0 bridgehead atoms. The van der Waals surface area contributed by atoms with E-state index < -0.39 is 28.6 Å². The van der Waals surface area contributed by atoms with E-state index in [2.05, 4.69) is 21.6 Å². The molecule has 10 nitrogen and oxygen atoms in total. The number of carbonyl (C=O) groups is 2. The van der Waals surface area contributed by atoms with Gasteiger partial charge in [-0.2, -0.15) is 0 Å². The van der Waals surface area contributed by atoms with Crippen molar-refractivity contribution in [2.24, 2.45) is 5.92 Å². The molecule has 1 aliphatic heterocycles. The van der Waals surface area contributed by atoms with Gasteiger partial charge < -0.3 is 24.4 Å². The van der Waals surface area contributed by atoms with Crippen LogP contribution in [0.1, 0.15) is 29.6 Å². The van der Waals surface area contributed by atoms with Gasteiger partial charge >= 0.3 is 11.9 Å². The third kappa shape index (κ3) is 7.95. The minimum Gasteiger partial charge on any atom is -0.491 e. The van der Waals surface area contributed by atoms with Gasteiger partial charge in [0.25, 0.3) is 0 Å². The van der Waals surface area contributed by atoms with Gasteiger partial charge in [-0.3, -0.25) is 4.72 Å². The lowest BCUT2D eigenvalue weighted by Crippen LogP contribution is -2.45. The summed E-state index contributed by atoms with van der Waals surface area (Å²) >= 11 is 0. The molecule has 0 spiro atoms. The number of aliphatic carboxylic acids is 1. The van der Waals surface area contributed by atoms with Gasteiger partial charge in [0.15, 0.2) is 6.61 Å². The number of carbonyl (C=O) groups excluding carboxylic acids is 1. The van der Waals surface area contributed by atoms with E-state index in [0.29, 0.717) is 25.5 Å². The Hall–Kier alpha value is -2.37. The summed E-state index contributed by atoms with van der Waals surface area (Å²) in [6.07, 6.45) is 2.61. The molecule has 11 heteroatoms. The van der Waals surface area contributed by atoms with Crippen LogP contribution in [0.15, 0.2) is 18.2 Å². The van der Waals surface area contributed by atoms with Gasteiger partial charge in [0.2, 0.25) is 10.0 Å². The van der Waals surface area contributed by atoms with Crippen LogP contribution in [0.3, 0.4) is 0 Å². The van der Waals surface area contributed by atoms with Gasteiger partial charge in [0.1, 0.15) is 5.75 Å². The number of hydrogen-bond acceptors (Lipinski definition) is 8. The molecule has 1 heterocycles. The molecule has 178 valence electrons. The number of sulfonamides is 1. The van der Waals surface area contributed by atoms with Crippen molar-refractivity contribution >= 4 is 27.6 Å². The van der Waals surface area contributed by atoms with Gasteiger partial charge in [-0.05, 0) is 57.0 Å². The number of carboxylic acids is 1. The number of nitrogens with zero attached hydrogens (tertiary/aromatic N) is 2. The molecule has 1 saturated heterocycles. The quantitative estimate of drug-likeness (QED) is 0.433. The zero-order chi connectivity index (χ0) is 23.1. The summed E-state index contributed by atoms with van der Waals surface area (Å²) < 4.78 is 38.3. The van der Waals surface area contributed by atoms with E-state index in [1.807, 2.05) is 0 Å². The number of hydrogen-bond donors (Lipinski definition) is 2. The van der Waals surface area contributed by atoms with Crippen LogP contribution < -0.4 is 9.46 Å². The van der Waals surface area contributed by atoms with E-state index in [4.69, 9.17) is 14.6 Å². The first-order valence-electron chi connectivity index (χ1n) is 10.8. The molecule has 1 aliphatic carbocycles. The maximum absolute atomic E-state index is 12.6. The Kier molecular flexibility index (Phi) is 8.32. The first-order valence-corrected chi connectivity index (χ1v) is 12.4. The maximum Gasteiger partial charge on any atom is 0.341 e. The molecule has 0 atom stereocenters. The second-order valence-electron chi connectivity index (χ2n) is 8.35. The van der Waals surface area contributed by atoms with Gasteiger partial charge in [-0.1, -0.05) is 0 Å². The Bertz CT molecular complexity index is 910. The standard InChI is InChI=1S/C21H31N3O7S/c1-23-8-10-24(11-9-23)7-2-12-32(28,29)22-18-6-5-17(21(27)31-15-20(25)26)13-19(18)30-14-16-3-4-16/h5-6,13,16,22H,2-4,7-12,14-15H2,1H3,(H,25,26). The van der Waals surface area contributed by atoms with Crippen LogP contribution in [0.5, 0.6) is 5.75 Å². The highest BCUT2D eigenvalue weighted by atomic mass is 32.2. The molecule has 0 unspecified atom stereocenters. The minimum absolute atomic E-state index is 0.0240. The van der Waals surface area contributed by atoms with E-state index in [0.717, 1.165) is 39.0 Å². The SMILES string of the molecule is CN1CCN(CCCS(=O)(=O)Nc2ccc(C(=O)OCC(=O)O)cc2OCC2CC2)CC1. The summed E-state index contributed by atoms with van der Waals surface area (Å²) in [6.45, 7) is 4.21. The van der Waals surface area contributed by atoms with Gasteiger partial charge in [-0.15, -0.1) is 0 Å². The first-order chi connectivity index (χ1) is 15.2. The molecule has 2 aliphatic rings. The van der Waals surface area contributed by atoms with Crippen LogP contribution in [0.25, 0.3) is 0 Å². The lowest BCUT2D eigenvalue weighted by Gasteiger charge is -2.32. The lowest BCUT2D eigenvalue weighted by atomic mass is 10.2. The number of likely N-dealkylation sites (N-methyl/N-ethyl adjacent to an activating group) is 1. The third-order valence-corrected chi connectivity index (χ3v) is 6.82. The molecular weight excluding hydrogens is 438 g/mol. The van der Waals surface area contributed by atoms with Crippen molar-refractivity contribution < 1.29 is 32.6 Å². The van der Waals surface area contributed by atoms with Crippen molar-refractivity contribution in [2.45, 2.75) is 19.3 Å². The molecular formula is C21H31N3O7S. The van der Waals surface area contributed by atoms with Crippen LogP contribution in [-0.2, 0) is 19.6 Å². The fourth-order valence-electron chi connectivity index (χ4n) is 3.32. The highest BCUT2D eigenvalue weighted by molar-refractivity contribution is 7.92. The van der Waals surface area contributed by atoms with Crippen molar-refractivity contribution in [1.29, 1.82) is 0 Å². The zero-order valence-corrected chi connectivity index (χ0v) is 19.1. The second kappa shape index (κ2) is 11.0. The maximum atomic E-state index is 12.6. The predicted octanol–water partition coefficient (Wildman–Crippen LogP) is 1.10. The zero-order valence-electron chi connectivity index (χ0n) is 18.3. The van der Waals surface area contributed by atoms with E-state index in [1.165, 1.54) is 18.2 Å². The third-order valence-electron chi connectivity index (χ3n) is 5.46. The summed E-state index contributed by atoms with van der Waals surface area (Å²) in [6, 6.07) is 4.21. The fraction of sp³-hybridized carbons (Fsp3) is 0.619. The van der Waals surface area contributed by atoms with Crippen LogP contribution >= 0.6 is 0 Å².